The van der Waals surface area contributed by atoms with Crippen molar-refractivity contribution in [3.05, 3.63) is 21.3 Å². The Labute approximate surface area is 102 Å². The average molecular weight is 269 g/mol. The van der Waals surface area contributed by atoms with Gasteiger partial charge in [-0.25, -0.2) is 0 Å². The predicted octanol–water partition coefficient (Wildman–Crippen LogP) is 3.21. The molecule has 1 fully saturated rings. The second-order valence-corrected chi connectivity index (χ2v) is 4.32. The fourth-order valence-electron chi connectivity index (χ4n) is 1.27. The van der Waals surface area contributed by atoms with Crippen molar-refractivity contribution in [1.29, 1.82) is 0 Å². The molecule has 1 unspecified atom stereocenters. The molecule has 1 atom stereocenters. The van der Waals surface area contributed by atoms with Gasteiger partial charge in [0.1, 0.15) is 11.1 Å². The van der Waals surface area contributed by atoms with E-state index in [2.05, 4.69) is 4.98 Å². The van der Waals surface area contributed by atoms with Crippen LogP contribution in [-0.4, -0.2) is 24.3 Å². The molecule has 0 aromatic carbocycles. The lowest BCUT2D eigenvalue weighted by Crippen LogP contribution is -2.16. The van der Waals surface area contributed by atoms with Crippen molar-refractivity contribution in [2.75, 3.05) is 13.2 Å². The maximum absolute atomic E-state index is 5.91. The van der Waals surface area contributed by atoms with Gasteiger partial charge in [-0.2, -0.15) is 4.98 Å². The van der Waals surface area contributed by atoms with Crippen LogP contribution in [0.5, 0.6) is 5.88 Å². The van der Waals surface area contributed by atoms with Crippen LogP contribution in [0.15, 0.2) is 6.07 Å². The first-order valence-electron chi connectivity index (χ1n) is 4.43. The third kappa shape index (κ3) is 2.67. The molecule has 1 aromatic rings. The molecule has 1 aliphatic rings. The van der Waals surface area contributed by atoms with Gasteiger partial charge in [-0.15, -0.1) is 0 Å². The lowest BCUT2D eigenvalue weighted by Gasteiger charge is -2.12. The maximum Gasteiger partial charge on any atom is 0.234 e. The van der Waals surface area contributed by atoms with Gasteiger partial charge in [0.2, 0.25) is 5.88 Å². The van der Waals surface area contributed by atoms with E-state index in [1.54, 1.807) is 0 Å². The van der Waals surface area contributed by atoms with E-state index in [1.165, 1.54) is 6.07 Å². The Balaban J connectivity index is 2.16. The lowest BCUT2D eigenvalue weighted by atomic mass is 10.3. The molecule has 6 heteroatoms. The SMILES string of the molecule is Clc1cc(Cl)c(OC2CCOC2)nc1Cl. The van der Waals surface area contributed by atoms with Crippen molar-refractivity contribution in [3.8, 4) is 5.88 Å². The summed E-state index contributed by atoms with van der Waals surface area (Å²) in [6, 6.07) is 1.52. The molecule has 1 aliphatic heterocycles. The standard InChI is InChI=1S/C9H8Cl3NO2/c10-6-3-7(11)9(13-8(6)12)15-5-1-2-14-4-5/h3,5H,1-2,4H2. The number of halogens is 3. The highest BCUT2D eigenvalue weighted by atomic mass is 35.5. The second-order valence-electron chi connectivity index (χ2n) is 3.15. The quantitative estimate of drug-likeness (QED) is 0.772. The van der Waals surface area contributed by atoms with Gasteiger partial charge in [0, 0.05) is 6.42 Å². The average Bonchev–Trinajstić information content (AvgIpc) is 2.67. The van der Waals surface area contributed by atoms with E-state index in [0.29, 0.717) is 29.1 Å². The van der Waals surface area contributed by atoms with Gasteiger partial charge in [0.05, 0.1) is 18.2 Å². The number of nitrogens with zero attached hydrogens (tertiary/aromatic N) is 1. The van der Waals surface area contributed by atoms with Crippen molar-refractivity contribution in [2.24, 2.45) is 0 Å². The molecule has 0 saturated carbocycles. The number of rotatable bonds is 2. The van der Waals surface area contributed by atoms with Gasteiger partial charge in [-0.3, -0.25) is 0 Å². The number of hydrogen-bond donors (Lipinski definition) is 0. The van der Waals surface area contributed by atoms with E-state index >= 15 is 0 Å². The first-order valence-corrected chi connectivity index (χ1v) is 5.56. The largest absolute Gasteiger partial charge is 0.471 e. The molecule has 0 bridgehead atoms. The summed E-state index contributed by atoms with van der Waals surface area (Å²) >= 11 is 17.4. The zero-order valence-corrected chi connectivity index (χ0v) is 9.94. The van der Waals surface area contributed by atoms with Gasteiger partial charge < -0.3 is 9.47 Å². The Morgan fingerprint density at radius 2 is 2.13 bits per heavy atom. The first-order chi connectivity index (χ1) is 7.16. The zero-order chi connectivity index (χ0) is 10.8. The van der Waals surface area contributed by atoms with Crippen molar-refractivity contribution in [2.45, 2.75) is 12.5 Å². The number of hydrogen-bond acceptors (Lipinski definition) is 3. The highest BCUT2D eigenvalue weighted by molar-refractivity contribution is 6.42. The minimum Gasteiger partial charge on any atom is -0.471 e. The molecule has 3 nitrogen and oxygen atoms in total. The van der Waals surface area contributed by atoms with Crippen molar-refractivity contribution < 1.29 is 9.47 Å². The van der Waals surface area contributed by atoms with Gasteiger partial charge in [0.15, 0.2) is 5.15 Å². The molecular formula is C9H8Cl3NO2. The third-order valence-corrected chi connectivity index (χ3v) is 2.96. The molecule has 0 aliphatic carbocycles. The molecule has 0 spiro atoms. The number of ether oxygens (including phenoxy) is 2. The molecule has 0 radical (unpaired) electrons. The van der Waals surface area contributed by atoms with E-state index in [-0.39, 0.29) is 11.3 Å². The van der Waals surface area contributed by atoms with Crippen LogP contribution >= 0.6 is 34.8 Å². The van der Waals surface area contributed by atoms with Crippen LogP contribution in [0.2, 0.25) is 15.2 Å². The molecule has 15 heavy (non-hydrogen) atoms. The van der Waals surface area contributed by atoms with Crippen LogP contribution in [0.1, 0.15) is 6.42 Å². The first kappa shape index (κ1) is 11.3. The van der Waals surface area contributed by atoms with Crippen molar-refractivity contribution in [3.63, 3.8) is 0 Å². The molecule has 82 valence electrons. The summed E-state index contributed by atoms with van der Waals surface area (Å²) in [4.78, 5) is 3.96. The Bertz CT molecular complexity index is 367. The summed E-state index contributed by atoms with van der Waals surface area (Å²) in [5.74, 6) is 0.307. The van der Waals surface area contributed by atoms with E-state index < -0.39 is 0 Å². The zero-order valence-electron chi connectivity index (χ0n) is 7.67. The van der Waals surface area contributed by atoms with Gasteiger partial charge in [-0.05, 0) is 6.07 Å². The van der Waals surface area contributed by atoms with Crippen LogP contribution in [0, 0.1) is 0 Å². The van der Waals surface area contributed by atoms with Gasteiger partial charge in [-0.1, -0.05) is 34.8 Å². The molecule has 2 rings (SSSR count). The molecular weight excluding hydrogens is 260 g/mol. The Morgan fingerprint density at radius 3 is 2.80 bits per heavy atom. The minimum atomic E-state index is -0.00718. The Hall–Kier alpha value is -0.220. The summed E-state index contributed by atoms with van der Waals surface area (Å²) in [5.41, 5.74) is 0. The van der Waals surface area contributed by atoms with E-state index in [0.717, 1.165) is 6.42 Å². The fourth-order valence-corrected chi connectivity index (χ4v) is 1.81. The topological polar surface area (TPSA) is 31.4 Å². The minimum absolute atomic E-state index is 0.00718. The van der Waals surface area contributed by atoms with Gasteiger partial charge >= 0.3 is 0 Å². The summed E-state index contributed by atoms with van der Waals surface area (Å²) in [7, 11) is 0. The predicted molar refractivity (Wildman–Crippen MR) is 59.1 cm³/mol. The van der Waals surface area contributed by atoms with Crippen LogP contribution in [-0.2, 0) is 4.74 Å². The van der Waals surface area contributed by atoms with Crippen LogP contribution in [0.25, 0.3) is 0 Å². The monoisotopic (exact) mass is 267 g/mol. The molecule has 1 saturated heterocycles. The normalized spacial score (nSPS) is 20.6. The molecule has 2 heterocycles. The lowest BCUT2D eigenvalue weighted by molar-refractivity contribution is 0.138. The van der Waals surface area contributed by atoms with Crippen molar-refractivity contribution in [1.82, 2.24) is 4.98 Å². The van der Waals surface area contributed by atoms with E-state index in [1.807, 2.05) is 0 Å². The van der Waals surface area contributed by atoms with Crippen LogP contribution < -0.4 is 4.74 Å². The Morgan fingerprint density at radius 1 is 1.33 bits per heavy atom. The fraction of sp³-hybridized carbons (Fsp3) is 0.444. The van der Waals surface area contributed by atoms with Gasteiger partial charge in [0.25, 0.3) is 0 Å². The summed E-state index contributed by atoms with van der Waals surface area (Å²) in [5, 5.41) is 0.864. The highest BCUT2D eigenvalue weighted by Crippen LogP contribution is 2.31. The molecule has 0 amide bonds. The molecule has 1 aromatic heterocycles. The summed E-state index contributed by atoms with van der Waals surface area (Å²) in [6.45, 7) is 1.25. The third-order valence-electron chi connectivity index (χ3n) is 2.02. The molecule has 0 N–H and O–H groups in total. The maximum atomic E-state index is 5.91. The van der Waals surface area contributed by atoms with E-state index in [4.69, 9.17) is 44.3 Å². The summed E-state index contributed by atoms with van der Waals surface area (Å²) in [6.07, 6.45) is 0.824. The van der Waals surface area contributed by atoms with E-state index in [9.17, 15) is 0 Å². The smallest absolute Gasteiger partial charge is 0.234 e. The highest BCUT2D eigenvalue weighted by Gasteiger charge is 2.20. The summed E-state index contributed by atoms with van der Waals surface area (Å²) < 4.78 is 10.7. The second kappa shape index (κ2) is 4.74. The number of aromatic nitrogens is 1. The Kier molecular flexibility index (Phi) is 3.57. The van der Waals surface area contributed by atoms with Crippen LogP contribution in [0.3, 0.4) is 0 Å². The van der Waals surface area contributed by atoms with Crippen LogP contribution in [0.4, 0.5) is 0 Å². The van der Waals surface area contributed by atoms with Crippen molar-refractivity contribution >= 4 is 34.8 Å². The number of pyridine rings is 1.